The molecule has 0 saturated carbocycles. The lowest BCUT2D eigenvalue weighted by Gasteiger charge is -2.26. The summed E-state index contributed by atoms with van der Waals surface area (Å²) in [5.41, 5.74) is 6.48. The molecule has 5 rings (SSSR count). The van der Waals surface area contributed by atoms with Crippen molar-refractivity contribution in [2.24, 2.45) is 0 Å². The van der Waals surface area contributed by atoms with Gasteiger partial charge in [0.05, 0.1) is 28.5 Å². The van der Waals surface area contributed by atoms with E-state index >= 15 is 0 Å². The Hall–Kier alpha value is -3.74. The van der Waals surface area contributed by atoms with Crippen molar-refractivity contribution < 1.29 is 4.79 Å². The first-order valence-corrected chi connectivity index (χ1v) is 12.3. The molecule has 1 atom stereocenters. The first-order valence-electron chi connectivity index (χ1n) is 12.3. The molecule has 0 unspecified atom stereocenters. The van der Waals surface area contributed by atoms with Gasteiger partial charge < -0.3 is 5.32 Å². The number of carbonyl (C=O) groups is 1. The van der Waals surface area contributed by atoms with Crippen LogP contribution < -0.4 is 10.9 Å². The lowest BCUT2D eigenvalue weighted by molar-refractivity contribution is -0.122. The summed E-state index contributed by atoms with van der Waals surface area (Å²) >= 11 is 0. The van der Waals surface area contributed by atoms with Gasteiger partial charge in [-0.2, -0.15) is 10.2 Å². The molecule has 0 fully saturated rings. The molecule has 7 nitrogen and oxygen atoms in total. The van der Waals surface area contributed by atoms with Crippen LogP contribution in [0, 0.1) is 20.8 Å². The summed E-state index contributed by atoms with van der Waals surface area (Å²) in [5, 5.41) is 13.2. The number of carbonyl (C=O) groups excluding carboxylic acids is 1. The van der Waals surface area contributed by atoms with Gasteiger partial charge in [0.25, 0.3) is 5.56 Å². The second kappa shape index (κ2) is 9.49. The van der Waals surface area contributed by atoms with E-state index < -0.39 is 0 Å². The smallest absolute Gasteiger partial charge is 0.295 e. The van der Waals surface area contributed by atoms with Gasteiger partial charge in [0.1, 0.15) is 0 Å². The highest BCUT2D eigenvalue weighted by atomic mass is 16.1. The highest BCUT2D eigenvalue weighted by Gasteiger charge is 2.21. The third-order valence-electron chi connectivity index (χ3n) is 6.94. The molecule has 2 heterocycles. The van der Waals surface area contributed by atoms with Crippen LogP contribution >= 0.6 is 0 Å². The number of aryl methyl sites for hydroxylation is 5. The Morgan fingerprint density at radius 3 is 2.63 bits per heavy atom. The molecule has 0 saturated heterocycles. The molecule has 1 aliphatic carbocycles. The van der Waals surface area contributed by atoms with Crippen molar-refractivity contribution in [3.63, 3.8) is 0 Å². The number of nitrogens with one attached hydrogen (secondary N) is 1. The zero-order valence-electron chi connectivity index (χ0n) is 20.5. The number of hydrogen-bond acceptors (Lipinski definition) is 4. The maximum atomic E-state index is 13.2. The maximum absolute atomic E-state index is 13.2. The fraction of sp³-hybridized carbons (Fsp3) is 0.357. The summed E-state index contributed by atoms with van der Waals surface area (Å²) in [5.74, 6) is 0.0112. The highest BCUT2D eigenvalue weighted by molar-refractivity contribution is 5.83. The third-order valence-corrected chi connectivity index (χ3v) is 6.94. The van der Waals surface area contributed by atoms with Crippen molar-refractivity contribution in [3.8, 4) is 5.69 Å². The van der Waals surface area contributed by atoms with Crippen LogP contribution in [0.2, 0.25) is 0 Å². The molecule has 0 spiro atoms. The van der Waals surface area contributed by atoms with Crippen LogP contribution in [0.15, 0.2) is 53.3 Å². The van der Waals surface area contributed by atoms with Gasteiger partial charge in [0.15, 0.2) is 5.52 Å². The van der Waals surface area contributed by atoms with Crippen molar-refractivity contribution in [1.82, 2.24) is 24.9 Å². The van der Waals surface area contributed by atoms with E-state index in [2.05, 4.69) is 33.7 Å². The van der Waals surface area contributed by atoms with E-state index in [1.807, 2.05) is 51.1 Å². The molecule has 1 amide bonds. The molecular weight excluding hydrogens is 438 g/mol. The van der Waals surface area contributed by atoms with Gasteiger partial charge in [-0.25, -0.2) is 9.36 Å². The second-order valence-electron chi connectivity index (χ2n) is 9.48. The average Bonchev–Trinajstić information content (AvgIpc) is 3.21. The number of hydrogen-bond donors (Lipinski definition) is 1. The van der Waals surface area contributed by atoms with Crippen molar-refractivity contribution >= 4 is 16.8 Å². The number of amides is 1. The number of nitrogens with zero attached hydrogens (tertiary/aromatic N) is 4. The van der Waals surface area contributed by atoms with E-state index in [0.717, 1.165) is 41.7 Å². The van der Waals surface area contributed by atoms with E-state index in [1.54, 1.807) is 4.68 Å². The largest absolute Gasteiger partial charge is 0.349 e. The lowest BCUT2D eigenvalue weighted by atomic mass is 9.87. The van der Waals surface area contributed by atoms with E-state index in [0.29, 0.717) is 24.9 Å². The molecule has 2 aromatic carbocycles. The summed E-state index contributed by atoms with van der Waals surface area (Å²) in [6.45, 7) is 6.28. The van der Waals surface area contributed by atoms with Gasteiger partial charge >= 0.3 is 0 Å². The van der Waals surface area contributed by atoms with Gasteiger partial charge in [-0.1, -0.05) is 42.0 Å². The minimum atomic E-state index is -0.221. The molecule has 0 radical (unpaired) electrons. The Morgan fingerprint density at radius 1 is 1.06 bits per heavy atom. The van der Waals surface area contributed by atoms with Crippen LogP contribution in [-0.2, 0) is 17.8 Å². The van der Waals surface area contributed by atoms with E-state index in [1.165, 1.54) is 21.4 Å². The van der Waals surface area contributed by atoms with Crippen LogP contribution in [0.25, 0.3) is 16.6 Å². The molecule has 1 N–H and O–H groups in total. The Labute approximate surface area is 204 Å². The van der Waals surface area contributed by atoms with Crippen molar-refractivity contribution in [3.05, 3.63) is 87.0 Å². The Morgan fingerprint density at radius 2 is 1.83 bits per heavy atom. The highest BCUT2D eigenvalue weighted by Crippen LogP contribution is 2.29. The number of rotatable bonds is 6. The molecule has 7 heteroatoms. The standard InChI is InChI=1S/C28H31N5O2/c1-18-13-15-22(16-14-18)33-20(3)26-19(2)30-32(28(35)27(26)31-33)17-7-12-25(34)29-24-11-6-9-21-8-4-5-10-23(21)24/h4-5,8,10,13-16,24H,6-7,9,11-12,17H2,1-3H3,(H,29,34)/t24-/m1/s1. The van der Waals surface area contributed by atoms with Crippen LogP contribution in [-0.4, -0.2) is 25.5 Å². The fourth-order valence-electron chi connectivity index (χ4n) is 5.13. The monoisotopic (exact) mass is 469 g/mol. The van der Waals surface area contributed by atoms with Crippen molar-refractivity contribution in [1.29, 1.82) is 0 Å². The first kappa shape index (κ1) is 23.0. The Bertz CT molecular complexity index is 1450. The van der Waals surface area contributed by atoms with Crippen LogP contribution in [0.5, 0.6) is 0 Å². The minimum Gasteiger partial charge on any atom is -0.349 e. The zero-order chi connectivity index (χ0) is 24.5. The van der Waals surface area contributed by atoms with Crippen molar-refractivity contribution in [2.45, 2.75) is 65.5 Å². The lowest BCUT2D eigenvalue weighted by Crippen LogP contribution is -2.31. The summed E-state index contributed by atoms with van der Waals surface area (Å²) < 4.78 is 3.26. The normalized spacial score (nSPS) is 15.2. The SMILES string of the molecule is Cc1ccc(-n2nc3c(=O)n(CCCC(=O)N[C@@H]4CCCc5ccccc54)nc(C)c3c2C)cc1. The van der Waals surface area contributed by atoms with Crippen LogP contribution in [0.1, 0.15) is 59.8 Å². The third kappa shape index (κ3) is 4.50. The fourth-order valence-corrected chi connectivity index (χ4v) is 5.13. The van der Waals surface area contributed by atoms with Gasteiger partial charge in [-0.05, 0) is 69.7 Å². The van der Waals surface area contributed by atoms with E-state index in [9.17, 15) is 9.59 Å². The average molecular weight is 470 g/mol. The first-order chi connectivity index (χ1) is 16.9. The number of benzene rings is 2. The molecule has 1 aliphatic rings. The predicted molar refractivity (Wildman–Crippen MR) is 137 cm³/mol. The molecule has 2 aromatic heterocycles. The van der Waals surface area contributed by atoms with Gasteiger partial charge in [0, 0.05) is 13.0 Å². The second-order valence-corrected chi connectivity index (χ2v) is 9.48. The zero-order valence-corrected chi connectivity index (χ0v) is 20.5. The van der Waals surface area contributed by atoms with E-state index in [-0.39, 0.29) is 17.5 Å². The Kier molecular flexibility index (Phi) is 6.24. The summed E-state index contributed by atoms with van der Waals surface area (Å²) in [7, 11) is 0. The maximum Gasteiger partial charge on any atom is 0.295 e. The molecule has 0 aliphatic heterocycles. The summed E-state index contributed by atoms with van der Waals surface area (Å²) in [4.78, 5) is 25.9. The van der Waals surface area contributed by atoms with Crippen LogP contribution in [0.3, 0.4) is 0 Å². The number of fused-ring (bicyclic) bond motifs is 2. The molecule has 35 heavy (non-hydrogen) atoms. The predicted octanol–water partition coefficient (Wildman–Crippen LogP) is 4.48. The molecule has 0 bridgehead atoms. The topological polar surface area (TPSA) is 81.8 Å². The van der Waals surface area contributed by atoms with Gasteiger partial charge in [0.2, 0.25) is 5.91 Å². The minimum absolute atomic E-state index is 0.0112. The summed E-state index contributed by atoms with van der Waals surface area (Å²) in [6, 6.07) is 16.5. The molecule has 180 valence electrons. The van der Waals surface area contributed by atoms with Gasteiger partial charge in [-0.3, -0.25) is 9.59 Å². The molecular formula is C28H31N5O2. The molecule has 4 aromatic rings. The van der Waals surface area contributed by atoms with Crippen LogP contribution in [0.4, 0.5) is 0 Å². The summed E-state index contributed by atoms with van der Waals surface area (Å²) in [6.07, 6.45) is 3.99. The number of aromatic nitrogens is 4. The van der Waals surface area contributed by atoms with Gasteiger partial charge in [-0.15, -0.1) is 0 Å². The Balaban J connectivity index is 1.29. The van der Waals surface area contributed by atoms with E-state index in [4.69, 9.17) is 0 Å². The quantitative estimate of drug-likeness (QED) is 0.451. The van der Waals surface area contributed by atoms with Crippen molar-refractivity contribution in [2.75, 3.05) is 0 Å².